The van der Waals surface area contributed by atoms with Crippen LogP contribution in [-0.2, 0) is 6.54 Å². The largest absolute Gasteiger partial charge is 0.444 e. The van der Waals surface area contributed by atoms with Gasteiger partial charge in [-0.05, 0) is 39.3 Å². The van der Waals surface area contributed by atoms with Crippen LogP contribution in [0.25, 0.3) is 11.5 Å². The fourth-order valence-electron chi connectivity index (χ4n) is 2.15. The first-order valence-electron chi connectivity index (χ1n) is 8.37. The van der Waals surface area contributed by atoms with E-state index in [1.807, 2.05) is 25.1 Å². The monoisotopic (exact) mass is 454 g/mol. The molecule has 0 saturated carbocycles. The molecule has 0 aliphatic carbocycles. The maximum Gasteiger partial charge on any atom is 0.226 e. The molecule has 0 amide bonds. The Hall–Kier alpha value is -1.83. The first-order valence-corrected chi connectivity index (χ1v) is 8.37. The van der Waals surface area contributed by atoms with Crippen LogP contribution in [0.3, 0.4) is 0 Å². The van der Waals surface area contributed by atoms with E-state index in [4.69, 9.17) is 4.42 Å². The molecule has 0 unspecified atom stereocenters. The number of aromatic nitrogens is 1. The van der Waals surface area contributed by atoms with Crippen LogP contribution in [0.15, 0.2) is 52.1 Å². The third kappa shape index (κ3) is 7.29. The Bertz CT molecular complexity index is 677. The Balaban J connectivity index is 0.00000312. The van der Waals surface area contributed by atoms with E-state index >= 15 is 0 Å². The number of allylic oxidation sites excluding steroid dienone is 1. The quantitative estimate of drug-likeness (QED) is 0.216. The zero-order valence-electron chi connectivity index (χ0n) is 15.1. The van der Waals surface area contributed by atoms with Crippen molar-refractivity contribution >= 4 is 29.9 Å². The van der Waals surface area contributed by atoms with Gasteiger partial charge in [-0.2, -0.15) is 0 Å². The van der Waals surface area contributed by atoms with E-state index in [0.717, 1.165) is 36.7 Å². The molecule has 0 radical (unpaired) electrons. The molecule has 5 nitrogen and oxygen atoms in total. The lowest BCUT2D eigenvalue weighted by atomic mass is 10.1. The van der Waals surface area contributed by atoms with E-state index in [1.165, 1.54) is 5.56 Å². The number of nitrogens with zero attached hydrogens (tertiary/aromatic N) is 2. The Kier molecular flexibility index (Phi) is 9.91. The number of halogens is 1. The highest BCUT2D eigenvalue weighted by Gasteiger charge is 2.06. The van der Waals surface area contributed by atoms with Gasteiger partial charge in [0, 0.05) is 18.7 Å². The van der Waals surface area contributed by atoms with Gasteiger partial charge in [0.15, 0.2) is 5.96 Å². The SMILES string of the molecule is CC=CCCNC(=NCc1coc(-c2ccc(C)cc2)n1)NCC.I. The molecule has 1 aromatic heterocycles. The third-order valence-electron chi connectivity index (χ3n) is 3.43. The van der Waals surface area contributed by atoms with Crippen molar-refractivity contribution < 1.29 is 4.42 Å². The minimum absolute atomic E-state index is 0. The number of benzene rings is 1. The van der Waals surface area contributed by atoms with Crippen molar-refractivity contribution in [1.29, 1.82) is 0 Å². The number of hydrogen-bond donors (Lipinski definition) is 2. The summed E-state index contributed by atoms with van der Waals surface area (Å²) in [4.78, 5) is 9.06. The minimum Gasteiger partial charge on any atom is -0.444 e. The predicted molar refractivity (Wildman–Crippen MR) is 114 cm³/mol. The number of aryl methyl sites for hydroxylation is 1. The van der Waals surface area contributed by atoms with E-state index in [-0.39, 0.29) is 24.0 Å². The summed E-state index contributed by atoms with van der Waals surface area (Å²) in [5.41, 5.74) is 3.01. The second-order valence-corrected chi connectivity index (χ2v) is 5.49. The molecule has 2 rings (SSSR count). The van der Waals surface area contributed by atoms with Gasteiger partial charge in [0.1, 0.15) is 12.0 Å². The highest BCUT2D eigenvalue weighted by Crippen LogP contribution is 2.19. The molecule has 0 aliphatic rings. The second kappa shape index (κ2) is 11.7. The summed E-state index contributed by atoms with van der Waals surface area (Å²) < 4.78 is 5.57. The average molecular weight is 454 g/mol. The molecule has 1 aromatic carbocycles. The van der Waals surface area contributed by atoms with Gasteiger partial charge in [-0.25, -0.2) is 9.98 Å². The van der Waals surface area contributed by atoms with Gasteiger partial charge in [0.05, 0.1) is 6.54 Å². The van der Waals surface area contributed by atoms with Crippen molar-refractivity contribution in [2.24, 2.45) is 4.99 Å². The van der Waals surface area contributed by atoms with Gasteiger partial charge in [-0.15, -0.1) is 24.0 Å². The normalized spacial score (nSPS) is 11.4. The van der Waals surface area contributed by atoms with Crippen molar-refractivity contribution in [2.75, 3.05) is 13.1 Å². The van der Waals surface area contributed by atoms with Gasteiger partial charge in [0.2, 0.25) is 5.89 Å². The van der Waals surface area contributed by atoms with Crippen LogP contribution < -0.4 is 10.6 Å². The number of nitrogens with one attached hydrogen (secondary N) is 2. The van der Waals surface area contributed by atoms with Crippen LogP contribution in [0, 0.1) is 6.92 Å². The number of hydrogen-bond acceptors (Lipinski definition) is 3. The lowest BCUT2D eigenvalue weighted by Crippen LogP contribution is -2.37. The molecule has 0 atom stereocenters. The number of guanidine groups is 1. The van der Waals surface area contributed by atoms with Gasteiger partial charge >= 0.3 is 0 Å². The lowest BCUT2D eigenvalue weighted by molar-refractivity contribution is 0.572. The molecule has 25 heavy (non-hydrogen) atoms. The van der Waals surface area contributed by atoms with Crippen LogP contribution >= 0.6 is 24.0 Å². The maximum absolute atomic E-state index is 5.57. The molecule has 136 valence electrons. The Morgan fingerprint density at radius 3 is 2.68 bits per heavy atom. The molecule has 2 aromatic rings. The van der Waals surface area contributed by atoms with Crippen molar-refractivity contribution in [2.45, 2.75) is 33.7 Å². The Morgan fingerprint density at radius 2 is 2.00 bits per heavy atom. The maximum atomic E-state index is 5.57. The molecular formula is C19H27IN4O. The van der Waals surface area contributed by atoms with E-state index in [1.54, 1.807) is 6.26 Å². The number of oxazole rings is 1. The zero-order chi connectivity index (χ0) is 17.2. The van der Waals surface area contributed by atoms with Crippen LogP contribution in [0.4, 0.5) is 0 Å². The van der Waals surface area contributed by atoms with Crippen molar-refractivity contribution in [3.63, 3.8) is 0 Å². The molecule has 0 fully saturated rings. The smallest absolute Gasteiger partial charge is 0.226 e. The highest BCUT2D eigenvalue weighted by atomic mass is 127. The topological polar surface area (TPSA) is 62.5 Å². The average Bonchev–Trinajstić information content (AvgIpc) is 3.06. The molecule has 0 aliphatic heterocycles. The van der Waals surface area contributed by atoms with E-state index in [9.17, 15) is 0 Å². The number of aliphatic imine (C=N–C) groups is 1. The first kappa shape index (κ1) is 21.2. The standard InChI is InChI=1S/C19H26N4O.HI/c1-4-6-7-12-21-19(20-5-2)22-13-17-14-24-18(23-17)16-10-8-15(3)9-11-16;/h4,6,8-11,14H,5,7,12-13H2,1-3H3,(H2,20,21,22);1H. The molecule has 1 heterocycles. The second-order valence-electron chi connectivity index (χ2n) is 5.49. The van der Waals surface area contributed by atoms with Gasteiger partial charge in [0.25, 0.3) is 0 Å². The summed E-state index contributed by atoms with van der Waals surface area (Å²) >= 11 is 0. The van der Waals surface area contributed by atoms with Gasteiger partial charge in [-0.3, -0.25) is 0 Å². The number of rotatable bonds is 7. The summed E-state index contributed by atoms with van der Waals surface area (Å²) in [5.74, 6) is 1.42. The first-order chi connectivity index (χ1) is 11.7. The summed E-state index contributed by atoms with van der Waals surface area (Å²) in [6.07, 6.45) is 6.82. The van der Waals surface area contributed by atoms with E-state index in [0.29, 0.717) is 12.4 Å². The fourth-order valence-corrected chi connectivity index (χ4v) is 2.15. The lowest BCUT2D eigenvalue weighted by Gasteiger charge is -2.09. The molecular weight excluding hydrogens is 427 g/mol. The van der Waals surface area contributed by atoms with Crippen LogP contribution in [0.5, 0.6) is 0 Å². The van der Waals surface area contributed by atoms with Crippen LogP contribution in [0.1, 0.15) is 31.5 Å². The van der Waals surface area contributed by atoms with Crippen molar-refractivity contribution in [3.05, 3.63) is 53.9 Å². The molecule has 0 bridgehead atoms. The molecule has 2 N–H and O–H groups in total. The van der Waals surface area contributed by atoms with Crippen molar-refractivity contribution in [3.8, 4) is 11.5 Å². The Morgan fingerprint density at radius 1 is 1.24 bits per heavy atom. The summed E-state index contributed by atoms with van der Waals surface area (Å²) in [5, 5.41) is 6.53. The van der Waals surface area contributed by atoms with E-state index < -0.39 is 0 Å². The van der Waals surface area contributed by atoms with Gasteiger partial charge in [-0.1, -0.05) is 29.8 Å². The third-order valence-corrected chi connectivity index (χ3v) is 3.43. The molecule has 6 heteroatoms. The molecule has 0 spiro atoms. The fraction of sp³-hybridized carbons (Fsp3) is 0.368. The predicted octanol–water partition coefficient (Wildman–Crippen LogP) is 4.29. The summed E-state index contributed by atoms with van der Waals surface area (Å²) in [6.45, 7) is 8.29. The van der Waals surface area contributed by atoms with Gasteiger partial charge < -0.3 is 15.1 Å². The minimum atomic E-state index is 0. The summed E-state index contributed by atoms with van der Waals surface area (Å²) in [6, 6.07) is 8.13. The van der Waals surface area contributed by atoms with Crippen molar-refractivity contribution in [1.82, 2.24) is 15.6 Å². The van der Waals surface area contributed by atoms with E-state index in [2.05, 4.69) is 52.7 Å². The van der Waals surface area contributed by atoms with Crippen LogP contribution in [-0.4, -0.2) is 24.0 Å². The summed E-state index contributed by atoms with van der Waals surface area (Å²) in [7, 11) is 0. The zero-order valence-corrected chi connectivity index (χ0v) is 17.4. The Labute approximate surface area is 167 Å². The highest BCUT2D eigenvalue weighted by molar-refractivity contribution is 14.0. The molecule has 0 saturated heterocycles. The van der Waals surface area contributed by atoms with Crippen LogP contribution in [0.2, 0.25) is 0 Å².